The minimum absolute atomic E-state index is 0.131. The molecule has 1 aliphatic heterocycles. The first-order chi connectivity index (χ1) is 14.7. The molecule has 0 aliphatic carbocycles. The Morgan fingerprint density at radius 2 is 1.52 bits per heavy atom. The van der Waals surface area contributed by atoms with Crippen molar-refractivity contribution in [1.29, 1.82) is 0 Å². The van der Waals surface area contributed by atoms with E-state index in [2.05, 4.69) is 0 Å². The number of ether oxygens (including phenoxy) is 1. The third-order valence-corrected chi connectivity index (χ3v) is 5.44. The van der Waals surface area contributed by atoms with E-state index in [0.717, 1.165) is 12.0 Å². The highest BCUT2D eigenvalue weighted by molar-refractivity contribution is 6.22. The van der Waals surface area contributed by atoms with Crippen molar-refractivity contribution < 1.29 is 23.9 Å². The van der Waals surface area contributed by atoms with Crippen LogP contribution in [-0.4, -0.2) is 41.1 Å². The Kier molecular flexibility index (Phi) is 6.68. The monoisotopic (exact) mass is 421 g/mol. The lowest BCUT2D eigenvalue weighted by molar-refractivity contribution is 0.0318. The zero-order valence-electron chi connectivity index (χ0n) is 18.3. The first-order valence-corrected chi connectivity index (χ1v) is 10.6. The average Bonchev–Trinajstić information content (AvgIpc) is 3.00. The van der Waals surface area contributed by atoms with E-state index < -0.39 is 18.0 Å². The predicted octanol–water partition coefficient (Wildman–Crippen LogP) is 4.32. The second-order valence-electron chi connectivity index (χ2n) is 8.17. The predicted molar refractivity (Wildman–Crippen MR) is 116 cm³/mol. The van der Waals surface area contributed by atoms with Crippen LogP contribution in [0.4, 0.5) is 0 Å². The molecule has 0 N–H and O–H groups in total. The lowest BCUT2D eigenvalue weighted by atomic mass is 10.0. The summed E-state index contributed by atoms with van der Waals surface area (Å²) in [5, 5.41) is 0. The quantitative estimate of drug-likeness (QED) is 0.360. The van der Waals surface area contributed by atoms with Gasteiger partial charge in [-0.05, 0) is 49.4 Å². The number of hydrogen-bond donors (Lipinski definition) is 0. The number of fused-ring (bicyclic) bond motifs is 1. The summed E-state index contributed by atoms with van der Waals surface area (Å²) < 4.78 is 5.34. The molecule has 3 rings (SSSR count). The fourth-order valence-electron chi connectivity index (χ4n) is 3.43. The van der Waals surface area contributed by atoms with Gasteiger partial charge in [-0.15, -0.1) is 0 Å². The molecule has 2 amide bonds. The van der Waals surface area contributed by atoms with E-state index in [-0.39, 0.29) is 28.4 Å². The Morgan fingerprint density at radius 1 is 0.903 bits per heavy atom. The van der Waals surface area contributed by atoms with Crippen molar-refractivity contribution in [3.8, 4) is 0 Å². The fourth-order valence-corrected chi connectivity index (χ4v) is 3.43. The maximum absolute atomic E-state index is 12.7. The molecule has 1 unspecified atom stereocenters. The molecule has 1 aliphatic rings. The summed E-state index contributed by atoms with van der Waals surface area (Å²) in [6.45, 7) is 7.93. The van der Waals surface area contributed by atoms with E-state index in [1.54, 1.807) is 12.1 Å². The van der Waals surface area contributed by atoms with Gasteiger partial charge < -0.3 is 4.74 Å². The molecule has 0 radical (unpaired) electrons. The van der Waals surface area contributed by atoms with Crippen molar-refractivity contribution in [2.24, 2.45) is 5.92 Å². The van der Waals surface area contributed by atoms with Crippen LogP contribution >= 0.6 is 0 Å². The maximum atomic E-state index is 12.7. The summed E-state index contributed by atoms with van der Waals surface area (Å²) in [7, 11) is 0. The second-order valence-corrected chi connectivity index (χ2v) is 8.17. The van der Waals surface area contributed by atoms with Gasteiger partial charge in [-0.1, -0.05) is 45.0 Å². The van der Waals surface area contributed by atoms with Gasteiger partial charge in [-0.3, -0.25) is 19.3 Å². The molecule has 6 nitrogen and oxygen atoms in total. The molecule has 0 aromatic heterocycles. The Labute approximate surface area is 182 Å². The number of esters is 1. The highest BCUT2D eigenvalue weighted by atomic mass is 16.5. The summed E-state index contributed by atoms with van der Waals surface area (Å²) in [5.41, 5.74) is 2.18. The number of rotatable bonds is 8. The van der Waals surface area contributed by atoms with Crippen molar-refractivity contribution in [1.82, 2.24) is 4.90 Å². The number of benzene rings is 2. The van der Waals surface area contributed by atoms with Crippen LogP contribution in [0.2, 0.25) is 0 Å². The third kappa shape index (κ3) is 4.74. The molecule has 1 heterocycles. The average molecular weight is 421 g/mol. The smallest absolute Gasteiger partial charge is 0.338 e. The SMILES string of the molecule is CCc1ccc(C(=O)C(C)OC(=O)c2ccc3c(c2)C(=O)N(CCC(C)C)C3=O)cc1. The topological polar surface area (TPSA) is 80.8 Å². The number of amides is 2. The van der Waals surface area contributed by atoms with Crippen LogP contribution in [-0.2, 0) is 11.2 Å². The number of nitrogens with zero attached hydrogens (tertiary/aromatic N) is 1. The number of hydrogen-bond acceptors (Lipinski definition) is 5. The Balaban J connectivity index is 1.71. The molecule has 6 heteroatoms. The Bertz CT molecular complexity index is 1020. The lowest BCUT2D eigenvalue weighted by Crippen LogP contribution is -2.31. The van der Waals surface area contributed by atoms with Crippen LogP contribution in [0.15, 0.2) is 42.5 Å². The number of carbonyl (C=O) groups is 4. The molecule has 0 spiro atoms. The molecule has 0 saturated heterocycles. The van der Waals surface area contributed by atoms with E-state index in [9.17, 15) is 19.2 Å². The Morgan fingerprint density at radius 3 is 2.13 bits per heavy atom. The van der Waals surface area contributed by atoms with Crippen LogP contribution in [0, 0.1) is 5.92 Å². The molecule has 162 valence electrons. The third-order valence-electron chi connectivity index (χ3n) is 5.44. The van der Waals surface area contributed by atoms with Crippen LogP contribution in [0.5, 0.6) is 0 Å². The van der Waals surface area contributed by atoms with Crippen LogP contribution in [0.3, 0.4) is 0 Å². The van der Waals surface area contributed by atoms with E-state index in [4.69, 9.17) is 4.74 Å². The zero-order chi connectivity index (χ0) is 22.7. The zero-order valence-corrected chi connectivity index (χ0v) is 18.3. The highest BCUT2D eigenvalue weighted by Crippen LogP contribution is 2.25. The van der Waals surface area contributed by atoms with Crippen molar-refractivity contribution in [2.45, 2.75) is 46.6 Å². The van der Waals surface area contributed by atoms with Crippen molar-refractivity contribution in [3.05, 3.63) is 70.3 Å². The summed E-state index contributed by atoms with van der Waals surface area (Å²) in [6.07, 6.45) is 0.597. The summed E-state index contributed by atoms with van der Waals surface area (Å²) in [5.74, 6) is -1.42. The van der Waals surface area contributed by atoms with Crippen LogP contribution in [0.25, 0.3) is 0 Å². The highest BCUT2D eigenvalue weighted by Gasteiger charge is 2.36. The normalized spacial score (nSPS) is 14.0. The fraction of sp³-hybridized carbons (Fsp3) is 0.360. The van der Waals surface area contributed by atoms with Gasteiger partial charge in [0.1, 0.15) is 0 Å². The first-order valence-electron chi connectivity index (χ1n) is 10.6. The van der Waals surface area contributed by atoms with Crippen molar-refractivity contribution in [2.75, 3.05) is 6.54 Å². The van der Waals surface area contributed by atoms with Gasteiger partial charge in [0.05, 0.1) is 16.7 Å². The van der Waals surface area contributed by atoms with Gasteiger partial charge in [0, 0.05) is 12.1 Å². The summed E-state index contributed by atoms with van der Waals surface area (Å²) in [6, 6.07) is 11.5. The molecule has 2 aromatic carbocycles. The largest absolute Gasteiger partial charge is 0.451 e. The van der Waals surface area contributed by atoms with E-state index >= 15 is 0 Å². The molecule has 31 heavy (non-hydrogen) atoms. The molecule has 0 bridgehead atoms. The molecule has 2 aromatic rings. The molecular formula is C25H27NO5. The molecule has 0 saturated carbocycles. The second kappa shape index (κ2) is 9.25. The standard InChI is InChI=1S/C25H27NO5/c1-5-17-6-8-18(9-7-17)22(27)16(4)31-25(30)19-10-11-20-21(14-19)24(29)26(23(20)28)13-12-15(2)3/h6-11,14-16H,5,12-13H2,1-4H3. The molecule has 1 atom stereocenters. The van der Waals surface area contributed by atoms with E-state index in [0.29, 0.717) is 24.4 Å². The number of ketones is 1. The maximum Gasteiger partial charge on any atom is 0.338 e. The van der Waals surface area contributed by atoms with Gasteiger partial charge in [0.2, 0.25) is 5.78 Å². The van der Waals surface area contributed by atoms with E-state index in [1.807, 2.05) is 32.9 Å². The van der Waals surface area contributed by atoms with Gasteiger partial charge in [0.25, 0.3) is 11.8 Å². The number of carbonyl (C=O) groups excluding carboxylic acids is 4. The van der Waals surface area contributed by atoms with Crippen LogP contribution < -0.4 is 0 Å². The minimum atomic E-state index is -0.979. The summed E-state index contributed by atoms with van der Waals surface area (Å²) in [4.78, 5) is 51.6. The Hall–Kier alpha value is -3.28. The first kappa shape index (κ1) is 22.4. The van der Waals surface area contributed by atoms with Crippen LogP contribution in [0.1, 0.15) is 81.1 Å². The lowest BCUT2D eigenvalue weighted by Gasteiger charge is -2.14. The minimum Gasteiger partial charge on any atom is -0.451 e. The van der Waals surface area contributed by atoms with Gasteiger partial charge in [0.15, 0.2) is 6.10 Å². The van der Waals surface area contributed by atoms with Gasteiger partial charge in [-0.2, -0.15) is 0 Å². The molecular weight excluding hydrogens is 394 g/mol. The number of aryl methyl sites for hydroxylation is 1. The van der Waals surface area contributed by atoms with Crippen molar-refractivity contribution >= 4 is 23.6 Å². The van der Waals surface area contributed by atoms with E-state index in [1.165, 1.54) is 30.0 Å². The summed E-state index contributed by atoms with van der Waals surface area (Å²) >= 11 is 0. The van der Waals surface area contributed by atoms with Crippen molar-refractivity contribution in [3.63, 3.8) is 0 Å². The number of imide groups is 1. The number of Topliss-reactive ketones (excluding diaryl/α,β-unsaturated/α-hetero) is 1. The van der Waals surface area contributed by atoms with Gasteiger partial charge >= 0.3 is 5.97 Å². The molecule has 0 fully saturated rings. The van der Waals surface area contributed by atoms with Gasteiger partial charge in [-0.25, -0.2) is 4.79 Å².